The van der Waals surface area contributed by atoms with Gasteiger partial charge in [0.1, 0.15) is 0 Å². The van der Waals surface area contributed by atoms with Crippen LogP contribution in [0.2, 0.25) is 0 Å². The van der Waals surface area contributed by atoms with Gasteiger partial charge in [0.05, 0.1) is 29.0 Å². The van der Waals surface area contributed by atoms with Crippen LogP contribution in [0.1, 0.15) is 62.8 Å². The van der Waals surface area contributed by atoms with Gasteiger partial charge in [-0.15, -0.1) is 0 Å². The Morgan fingerprint density at radius 3 is 2.48 bits per heavy atom. The van der Waals surface area contributed by atoms with Crippen LogP contribution in [0.25, 0.3) is 22.0 Å². The fraction of sp³-hybridized carbons (Fsp3) is 0.406. The van der Waals surface area contributed by atoms with Crippen LogP contribution < -0.4 is 10.1 Å². The maximum atomic E-state index is 13.1. The number of fused-ring (bicyclic) bond motifs is 1. The maximum absolute atomic E-state index is 13.1. The first kappa shape index (κ1) is 28.0. The summed E-state index contributed by atoms with van der Waals surface area (Å²) >= 11 is 0. The summed E-state index contributed by atoms with van der Waals surface area (Å²) in [5.74, 6) is 1.73. The molecule has 4 aromatic rings. The monoisotopic (exact) mass is 558 g/mol. The Hall–Kier alpha value is -3.52. The van der Waals surface area contributed by atoms with Crippen molar-refractivity contribution < 1.29 is 13.2 Å². The van der Waals surface area contributed by atoms with E-state index in [-0.39, 0.29) is 5.75 Å². The minimum atomic E-state index is -3.55. The van der Waals surface area contributed by atoms with Gasteiger partial charge >= 0.3 is 0 Å². The van der Waals surface area contributed by atoms with Gasteiger partial charge in [0.25, 0.3) is 0 Å². The van der Waals surface area contributed by atoms with Crippen LogP contribution in [0.5, 0.6) is 5.88 Å². The predicted molar refractivity (Wildman–Crippen MR) is 160 cm³/mol. The normalized spacial score (nSPS) is 17.6. The van der Waals surface area contributed by atoms with Crippen molar-refractivity contribution in [3.8, 4) is 17.0 Å². The van der Waals surface area contributed by atoms with Crippen molar-refractivity contribution in [3.05, 3.63) is 71.5 Å². The number of nitrogens with one attached hydrogen (secondary N) is 1. The number of pyridine rings is 1. The van der Waals surface area contributed by atoms with Crippen molar-refractivity contribution in [1.29, 1.82) is 0 Å². The van der Waals surface area contributed by atoms with Gasteiger partial charge in [-0.1, -0.05) is 38.5 Å². The molecule has 7 nitrogen and oxygen atoms in total. The fourth-order valence-electron chi connectivity index (χ4n) is 5.72. The molecule has 0 bridgehead atoms. The highest BCUT2D eigenvalue weighted by atomic mass is 32.2. The zero-order chi connectivity index (χ0) is 28.3. The lowest BCUT2D eigenvalue weighted by Gasteiger charge is -2.28. The van der Waals surface area contributed by atoms with Crippen LogP contribution >= 0.6 is 0 Å². The molecule has 0 spiro atoms. The molecule has 0 atom stereocenters. The van der Waals surface area contributed by atoms with E-state index < -0.39 is 9.84 Å². The molecule has 1 aliphatic carbocycles. The van der Waals surface area contributed by atoms with Crippen LogP contribution in [0.3, 0.4) is 0 Å². The Morgan fingerprint density at radius 2 is 1.77 bits per heavy atom. The van der Waals surface area contributed by atoms with Gasteiger partial charge in [-0.05, 0) is 92.0 Å². The molecule has 210 valence electrons. The SMILES string of the molecule is CCc1cc(-c2ccc(CS(=O)(=O)c3ccccc3C)nc2OC)cc2cnc(NC3CCC(CC)CC3)nc12. The van der Waals surface area contributed by atoms with Gasteiger partial charge in [0, 0.05) is 23.2 Å². The molecule has 40 heavy (non-hydrogen) atoms. The molecule has 2 aromatic carbocycles. The van der Waals surface area contributed by atoms with Gasteiger partial charge in [-0.25, -0.2) is 23.4 Å². The van der Waals surface area contributed by atoms with Crippen LogP contribution in [0.4, 0.5) is 5.95 Å². The Kier molecular flexibility index (Phi) is 8.35. The Morgan fingerprint density at radius 1 is 1.00 bits per heavy atom. The minimum absolute atomic E-state index is 0.198. The zero-order valence-corrected chi connectivity index (χ0v) is 24.6. The van der Waals surface area contributed by atoms with Crippen molar-refractivity contribution in [3.63, 3.8) is 0 Å². The van der Waals surface area contributed by atoms with Crippen LogP contribution in [-0.2, 0) is 22.0 Å². The van der Waals surface area contributed by atoms with Crippen LogP contribution in [-0.4, -0.2) is 36.5 Å². The molecular formula is C32H38N4O3S. The molecule has 8 heteroatoms. The van der Waals surface area contributed by atoms with Crippen molar-refractivity contribution in [2.24, 2.45) is 5.92 Å². The van der Waals surface area contributed by atoms with E-state index in [9.17, 15) is 8.42 Å². The minimum Gasteiger partial charge on any atom is -0.481 e. The van der Waals surface area contributed by atoms with Crippen molar-refractivity contribution in [2.75, 3.05) is 12.4 Å². The van der Waals surface area contributed by atoms with Crippen LogP contribution in [0, 0.1) is 12.8 Å². The second kappa shape index (κ2) is 11.9. The highest BCUT2D eigenvalue weighted by Gasteiger charge is 2.22. The molecule has 0 saturated heterocycles. The molecule has 0 radical (unpaired) electrons. The maximum Gasteiger partial charge on any atom is 0.223 e. The summed E-state index contributed by atoms with van der Waals surface area (Å²) in [5, 5.41) is 4.52. The number of nitrogens with zero attached hydrogens (tertiary/aromatic N) is 3. The highest BCUT2D eigenvalue weighted by Crippen LogP contribution is 2.34. The van der Waals surface area contributed by atoms with Crippen LogP contribution in [0.15, 0.2) is 59.6 Å². The first-order chi connectivity index (χ1) is 19.3. The lowest BCUT2D eigenvalue weighted by Crippen LogP contribution is -2.26. The summed E-state index contributed by atoms with van der Waals surface area (Å²) in [5.41, 5.74) is 4.95. The third-order valence-corrected chi connectivity index (χ3v) is 9.89. The van der Waals surface area contributed by atoms with E-state index in [1.807, 2.05) is 24.4 Å². The molecule has 0 aliphatic heterocycles. The molecule has 5 rings (SSSR count). The molecule has 1 aliphatic rings. The summed E-state index contributed by atoms with van der Waals surface area (Å²) < 4.78 is 31.8. The summed E-state index contributed by atoms with van der Waals surface area (Å²) in [6.45, 7) is 6.20. The second-order valence-corrected chi connectivity index (χ2v) is 12.7. The van der Waals surface area contributed by atoms with Crippen molar-refractivity contribution >= 4 is 26.7 Å². The number of ether oxygens (including phenoxy) is 1. The van der Waals surface area contributed by atoms with Gasteiger partial charge in [0.15, 0.2) is 9.84 Å². The van der Waals surface area contributed by atoms with E-state index in [0.29, 0.717) is 28.5 Å². The Bertz CT molecular complexity index is 1610. The summed E-state index contributed by atoms with van der Waals surface area (Å²) in [6, 6.07) is 15.3. The predicted octanol–water partition coefficient (Wildman–Crippen LogP) is 6.93. The number of sulfone groups is 1. The number of benzene rings is 2. The molecule has 1 fully saturated rings. The van der Waals surface area contributed by atoms with E-state index in [1.54, 1.807) is 38.3 Å². The van der Waals surface area contributed by atoms with E-state index >= 15 is 0 Å². The number of aromatic nitrogens is 3. The number of hydrogen-bond acceptors (Lipinski definition) is 7. The van der Waals surface area contributed by atoms with Gasteiger partial charge in [-0.2, -0.15) is 0 Å². The summed E-state index contributed by atoms with van der Waals surface area (Å²) in [4.78, 5) is 14.5. The molecule has 1 N–H and O–H groups in total. The standard InChI is InChI=1S/C32H38N4O3S/c1-5-22-11-13-26(14-12-22)35-32-33-19-25-18-24(17-23(6-2)30(25)36-32)28-16-15-27(34-31(28)39-4)20-40(37,38)29-10-8-7-9-21(29)3/h7-10,15-19,22,26H,5-6,11-14,20H2,1-4H3,(H,33,35,36). The molecule has 0 unspecified atom stereocenters. The number of anilines is 1. The highest BCUT2D eigenvalue weighted by molar-refractivity contribution is 7.90. The zero-order valence-electron chi connectivity index (χ0n) is 23.8. The topological polar surface area (TPSA) is 94.1 Å². The van der Waals surface area contributed by atoms with E-state index in [1.165, 1.54) is 19.3 Å². The molecule has 2 heterocycles. The van der Waals surface area contributed by atoms with E-state index in [4.69, 9.17) is 9.72 Å². The quantitative estimate of drug-likeness (QED) is 0.238. The first-order valence-corrected chi connectivity index (χ1v) is 15.8. The van der Waals surface area contributed by atoms with Gasteiger partial charge in [-0.3, -0.25) is 0 Å². The molecular weight excluding hydrogens is 520 g/mol. The average molecular weight is 559 g/mol. The third kappa shape index (κ3) is 5.97. The van der Waals surface area contributed by atoms with Crippen molar-refractivity contribution in [2.45, 2.75) is 76.0 Å². The lowest BCUT2D eigenvalue weighted by molar-refractivity contribution is 0.329. The Balaban J connectivity index is 1.42. The largest absolute Gasteiger partial charge is 0.481 e. The van der Waals surface area contributed by atoms with Crippen molar-refractivity contribution in [1.82, 2.24) is 15.0 Å². The molecule has 2 aromatic heterocycles. The number of methoxy groups -OCH3 is 1. The average Bonchev–Trinajstić information content (AvgIpc) is 2.97. The lowest BCUT2D eigenvalue weighted by atomic mass is 9.85. The Labute approximate surface area is 237 Å². The summed E-state index contributed by atoms with van der Waals surface area (Å²) in [6.07, 6.45) is 8.80. The molecule has 1 saturated carbocycles. The first-order valence-electron chi connectivity index (χ1n) is 14.2. The number of rotatable bonds is 9. The third-order valence-electron chi connectivity index (χ3n) is 8.09. The van der Waals surface area contributed by atoms with Gasteiger partial charge < -0.3 is 10.1 Å². The summed E-state index contributed by atoms with van der Waals surface area (Å²) in [7, 11) is -1.99. The van der Waals surface area contributed by atoms with E-state index in [0.717, 1.165) is 58.3 Å². The smallest absolute Gasteiger partial charge is 0.223 e. The van der Waals surface area contributed by atoms with Gasteiger partial charge in [0.2, 0.25) is 11.8 Å². The second-order valence-electron chi connectivity index (χ2n) is 10.8. The number of aryl methyl sites for hydroxylation is 2. The number of hydrogen-bond donors (Lipinski definition) is 1. The fourth-order valence-corrected chi connectivity index (χ4v) is 7.27. The van der Waals surface area contributed by atoms with E-state index in [2.05, 4.69) is 35.2 Å². The molecule has 0 amide bonds.